The van der Waals surface area contributed by atoms with Gasteiger partial charge in [-0.2, -0.15) is 0 Å². The lowest BCUT2D eigenvalue weighted by molar-refractivity contribution is -0.127. The lowest BCUT2D eigenvalue weighted by Gasteiger charge is -2.43. The predicted octanol–water partition coefficient (Wildman–Crippen LogP) is 5.36. The van der Waals surface area contributed by atoms with Gasteiger partial charge in [-0.3, -0.25) is 14.7 Å². The number of piperazine rings is 1. The molecule has 1 saturated heterocycles. The largest absolute Gasteiger partial charge is 0.352 e. The van der Waals surface area contributed by atoms with E-state index in [0.29, 0.717) is 36.9 Å². The van der Waals surface area contributed by atoms with Gasteiger partial charge in [0.25, 0.3) is 0 Å². The molecule has 228 valence electrons. The van der Waals surface area contributed by atoms with E-state index in [1.54, 1.807) is 17.4 Å². The number of nitrogens with one attached hydrogen (secondary N) is 2. The van der Waals surface area contributed by atoms with E-state index in [2.05, 4.69) is 48.6 Å². The number of rotatable bonds is 6. The van der Waals surface area contributed by atoms with Gasteiger partial charge in [-0.25, -0.2) is 14.2 Å². The first-order valence-electron chi connectivity index (χ1n) is 14.5. The molecule has 1 fully saturated rings. The molecule has 2 aliphatic rings. The molecule has 3 amide bonds. The summed E-state index contributed by atoms with van der Waals surface area (Å²) in [5.41, 5.74) is 5.66. The number of hydrogen-bond donors (Lipinski definition) is 2. The van der Waals surface area contributed by atoms with Gasteiger partial charge in [0.1, 0.15) is 11.9 Å². The van der Waals surface area contributed by atoms with Gasteiger partial charge in [-0.15, -0.1) is 0 Å². The molecule has 4 aromatic rings. The Kier molecular flexibility index (Phi) is 8.97. The fourth-order valence-electron chi connectivity index (χ4n) is 6.04. The van der Waals surface area contributed by atoms with Gasteiger partial charge in [-0.05, 0) is 94.9 Å². The van der Waals surface area contributed by atoms with Crippen molar-refractivity contribution in [3.8, 4) is 0 Å². The minimum atomic E-state index is -0.786. The number of benzene rings is 2. The molecule has 12 heteroatoms. The highest BCUT2D eigenvalue weighted by atomic mass is 79.9. The monoisotopic (exact) mass is 679 g/mol. The van der Waals surface area contributed by atoms with Crippen LogP contribution in [-0.2, 0) is 24.2 Å². The van der Waals surface area contributed by atoms with Gasteiger partial charge in [0, 0.05) is 60.3 Å². The Morgan fingerprint density at radius 3 is 2.64 bits per heavy atom. The van der Waals surface area contributed by atoms with Gasteiger partial charge in [-0.1, -0.05) is 17.7 Å². The van der Waals surface area contributed by atoms with Gasteiger partial charge in [0.05, 0.1) is 23.8 Å². The van der Waals surface area contributed by atoms with Crippen LogP contribution < -0.4 is 10.6 Å². The molecule has 0 spiro atoms. The highest BCUT2D eigenvalue weighted by Gasteiger charge is 2.40. The number of imidazole rings is 1. The third kappa shape index (κ3) is 6.64. The van der Waals surface area contributed by atoms with Gasteiger partial charge in [0.15, 0.2) is 0 Å². The molecule has 9 nitrogen and oxygen atoms in total. The number of anilines is 1. The first kappa shape index (κ1) is 30.2. The second-order valence-corrected chi connectivity index (χ2v) is 12.5. The molecule has 0 radical (unpaired) electrons. The predicted molar refractivity (Wildman–Crippen MR) is 170 cm³/mol. The van der Waals surface area contributed by atoms with Crippen LogP contribution in [0.1, 0.15) is 34.1 Å². The maximum absolute atomic E-state index is 13.8. The molecule has 3 heterocycles. The normalized spacial score (nSPS) is 18.2. The summed E-state index contributed by atoms with van der Waals surface area (Å²) >= 11 is 10.00. The van der Waals surface area contributed by atoms with E-state index < -0.39 is 17.9 Å². The van der Waals surface area contributed by atoms with Crippen LogP contribution in [0.2, 0.25) is 5.02 Å². The summed E-state index contributed by atoms with van der Waals surface area (Å²) in [5, 5.41) is 6.54. The molecule has 6 rings (SSSR count). The number of carbonyl (C=O) groups is 2. The fraction of sp³-hybridized carbons (Fsp3) is 0.312. The van der Waals surface area contributed by atoms with Crippen LogP contribution in [0.5, 0.6) is 0 Å². The minimum Gasteiger partial charge on any atom is -0.352 e. The second kappa shape index (κ2) is 13.1. The molecule has 1 unspecified atom stereocenters. The van der Waals surface area contributed by atoms with E-state index in [1.807, 2.05) is 29.8 Å². The Balaban J connectivity index is 1.29. The van der Waals surface area contributed by atoms with E-state index in [9.17, 15) is 14.0 Å². The number of pyridine rings is 1. The van der Waals surface area contributed by atoms with E-state index in [-0.39, 0.29) is 18.5 Å². The smallest absolute Gasteiger partial charge is 0.322 e. The van der Waals surface area contributed by atoms with Gasteiger partial charge < -0.3 is 20.1 Å². The highest BCUT2D eigenvalue weighted by Crippen LogP contribution is 2.38. The molecule has 44 heavy (non-hydrogen) atoms. The van der Waals surface area contributed by atoms with Crippen molar-refractivity contribution in [1.82, 2.24) is 29.7 Å². The third-order valence-electron chi connectivity index (χ3n) is 8.16. The zero-order valence-electron chi connectivity index (χ0n) is 24.1. The quantitative estimate of drug-likeness (QED) is 0.286. The van der Waals surface area contributed by atoms with Crippen LogP contribution in [0, 0.1) is 12.7 Å². The summed E-state index contributed by atoms with van der Waals surface area (Å²) in [6.45, 7) is 3.94. The number of nitrogens with zero attached hydrogens (tertiary/aromatic N) is 5. The van der Waals surface area contributed by atoms with E-state index in [0.717, 1.165) is 45.4 Å². The van der Waals surface area contributed by atoms with Crippen molar-refractivity contribution in [3.63, 3.8) is 0 Å². The molecular weight excluding hydrogens is 649 g/mol. The molecule has 2 aromatic heterocycles. The number of carbonyl (C=O) groups excluding carboxylic acids is 2. The van der Waals surface area contributed by atoms with Crippen molar-refractivity contribution in [2.45, 2.75) is 38.4 Å². The highest BCUT2D eigenvalue weighted by molar-refractivity contribution is 9.10. The lowest BCUT2D eigenvalue weighted by atomic mass is 9.95. The zero-order valence-corrected chi connectivity index (χ0v) is 26.5. The number of halogens is 3. The summed E-state index contributed by atoms with van der Waals surface area (Å²) in [6.07, 6.45) is 7.07. The van der Waals surface area contributed by atoms with Crippen molar-refractivity contribution in [3.05, 3.63) is 111 Å². The van der Waals surface area contributed by atoms with Crippen molar-refractivity contribution in [1.29, 1.82) is 0 Å². The first-order valence-corrected chi connectivity index (χ1v) is 15.7. The standard InChI is InChI=1S/C32H32BrClFN7O2/c1-20-17-40(19-38-20)11-10-36-31(43)28-18-41(12-13-42(28)32(44)39-26-7-5-25(35)6-8-26)30-27-9-4-24(34)15-21(27)2-3-22-14-23(33)16-37-29(22)30/h4-9,14-17,19,28,30H,2-3,10-13,18H2,1H3,(H,36,43)(H,39,44)/t28-,30?/m1/s1. The van der Waals surface area contributed by atoms with Crippen LogP contribution >= 0.6 is 27.5 Å². The SMILES string of the molecule is Cc1cn(CCNC(=O)[C@H]2CN(C3c4ccc(Cl)cc4CCc4cc(Br)cnc43)CCN2C(=O)Nc2ccc(F)cc2)cn1. The fourth-order valence-corrected chi connectivity index (χ4v) is 6.61. The Labute approximate surface area is 268 Å². The maximum Gasteiger partial charge on any atom is 0.322 e. The Morgan fingerprint density at radius 1 is 1.07 bits per heavy atom. The Bertz CT molecular complexity index is 1630. The van der Waals surface area contributed by atoms with Crippen LogP contribution in [-0.4, -0.2) is 68.5 Å². The number of amides is 3. The van der Waals surface area contributed by atoms with Crippen molar-refractivity contribution in [2.75, 3.05) is 31.5 Å². The molecule has 1 aliphatic heterocycles. The molecule has 0 bridgehead atoms. The zero-order chi connectivity index (χ0) is 30.8. The average molecular weight is 681 g/mol. The second-order valence-electron chi connectivity index (χ2n) is 11.1. The van der Waals surface area contributed by atoms with Gasteiger partial charge in [0.2, 0.25) is 5.91 Å². The Hall–Kier alpha value is -3.80. The molecule has 0 saturated carbocycles. The number of urea groups is 1. The van der Waals surface area contributed by atoms with Crippen LogP contribution in [0.25, 0.3) is 0 Å². The van der Waals surface area contributed by atoms with Crippen molar-refractivity contribution in [2.24, 2.45) is 0 Å². The number of fused-ring (bicyclic) bond motifs is 2. The summed E-state index contributed by atoms with van der Waals surface area (Å²) in [4.78, 5) is 40.3. The van der Waals surface area contributed by atoms with Crippen molar-refractivity contribution < 1.29 is 14.0 Å². The summed E-state index contributed by atoms with van der Waals surface area (Å²) in [6, 6.07) is 12.2. The van der Waals surface area contributed by atoms with Crippen molar-refractivity contribution >= 4 is 45.2 Å². The number of aromatic nitrogens is 3. The minimum absolute atomic E-state index is 0.223. The summed E-state index contributed by atoms with van der Waals surface area (Å²) in [7, 11) is 0. The molecule has 1 aliphatic carbocycles. The number of aryl methyl sites for hydroxylation is 3. The first-order chi connectivity index (χ1) is 21.2. The van der Waals surface area contributed by atoms with Crippen LogP contribution in [0.4, 0.5) is 14.9 Å². The summed E-state index contributed by atoms with van der Waals surface area (Å²) in [5.74, 6) is -0.650. The Morgan fingerprint density at radius 2 is 1.86 bits per heavy atom. The molecule has 2 atom stereocenters. The summed E-state index contributed by atoms with van der Waals surface area (Å²) < 4.78 is 16.3. The molecular formula is C32H32BrClFN7O2. The van der Waals surface area contributed by atoms with E-state index in [4.69, 9.17) is 16.6 Å². The number of hydrogen-bond acceptors (Lipinski definition) is 5. The third-order valence-corrected chi connectivity index (χ3v) is 8.83. The lowest BCUT2D eigenvalue weighted by Crippen LogP contribution is -2.62. The topological polar surface area (TPSA) is 95.4 Å². The van der Waals surface area contributed by atoms with E-state index >= 15 is 0 Å². The molecule has 2 N–H and O–H groups in total. The van der Waals surface area contributed by atoms with Crippen LogP contribution in [0.3, 0.4) is 0 Å². The van der Waals surface area contributed by atoms with E-state index in [1.165, 1.54) is 24.3 Å². The van der Waals surface area contributed by atoms with Crippen LogP contribution in [0.15, 0.2) is 71.7 Å². The molecule has 2 aromatic carbocycles. The van der Waals surface area contributed by atoms with Gasteiger partial charge >= 0.3 is 6.03 Å². The average Bonchev–Trinajstić information content (AvgIpc) is 3.36. The maximum atomic E-state index is 13.8.